The Labute approximate surface area is 162 Å². The van der Waals surface area contributed by atoms with Crippen molar-refractivity contribution in [2.24, 2.45) is 0 Å². The number of carbonyl (C=O) groups excluding carboxylic acids is 1. The van der Waals surface area contributed by atoms with E-state index in [1.54, 1.807) is 13.2 Å². The molecule has 1 aromatic carbocycles. The Bertz CT molecular complexity index is 645. The summed E-state index contributed by atoms with van der Waals surface area (Å²) in [5.41, 5.74) is 1.04. The molecule has 0 amide bonds. The molecule has 2 aliphatic rings. The van der Waals surface area contributed by atoms with Crippen molar-refractivity contribution in [2.45, 2.75) is 45.1 Å². The first kappa shape index (κ1) is 19.9. The van der Waals surface area contributed by atoms with Crippen molar-refractivity contribution in [2.75, 3.05) is 39.8 Å². The lowest BCUT2D eigenvalue weighted by atomic mass is 9.94. The molecule has 5 nitrogen and oxygen atoms in total. The predicted octanol–water partition coefficient (Wildman–Crippen LogP) is 3.58. The van der Waals surface area contributed by atoms with Gasteiger partial charge >= 0.3 is 5.97 Å². The summed E-state index contributed by atoms with van der Waals surface area (Å²) in [7, 11) is 1.58. The van der Waals surface area contributed by atoms with Crippen molar-refractivity contribution in [1.29, 1.82) is 0 Å². The van der Waals surface area contributed by atoms with E-state index in [9.17, 15) is 4.79 Å². The van der Waals surface area contributed by atoms with Crippen molar-refractivity contribution in [1.82, 2.24) is 9.80 Å². The Morgan fingerprint density at radius 2 is 1.85 bits per heavy atom. The second-order valence-corrected chi connectivity index (χ2v) is 7.53. The van der Waals surface area contributed by atoms with Gasteiger partial charge < -0.3 is 9.47 Å². The van der Waals surface area contributed by atoms with Gasteiger partial charge in [0.2, 0.25) is 0 Å². The van der Waals surface area contributed by atoms with E-state index >= 15 is 0 Å². The minimum Gasteiger partial charge on any atom is -0.493 e. The third-order valence-electron chi connectivity index (χ3n) is 5.61. The highest BCUT2D eigenvalue weighted by Crippen LogP contribution is 2.28. The number of hydrogen-bond acceptors (Lipinski definition) is 5. The lowest BCUT2D eigenvalue weighted by Crippen LogP contribution is -2.50. The summed E-state index contributed by atoms with van der Waals surface area (Å²) >= 11 is 0. The summed E-state index contributed by atoms with van der Waals surface area (Å²) in [5.74, 6) is 0.693. The highest BCUT2D eigenvalue weighted by atomic mass is 16.6. The molecule has 1 saturated carbocycles. The number of piperazine rings is 1. The van der Waals surface area contributed by atoms with E-state index in [1.807, 2.05) is 12.1 Å². The number of hydrogen-bond donors (Lipinski definition) is 0. The minimum atomic E-state index is -0.344. The van der Waals surface area contributed by atoms with Crippen LogP contribution in [0.3, 0.4) is 0 Å². The van der Waals surface area contributed by atoms with Gasteiger partial charge in [-0.05, 0) is 30.5 Å². The van der Waals surface area contributed by atoms with E-state index < -0.39 is 0 Å². The van der Waals surface area contributed by atoms with Crippen LogP contribution in [-0.4, -0.2) is 61.6 Å². The van der Waals surface area contributed by atoms with Crippen LogP contribution >= 0.6 is 0 Å². The SMILES string of the molecule is COc1cc(/C=C\CN2CCN(C3CCCCC3)CC2)ccc1OC(C)=O. The van der Waals surface area contributed by atoms with Crippen LogP contribution in [0.25, 0.3) is 6.08 Å². The topological polar surface area (TPSA) is 42.0 Å². The van der Waals surface area contributed by atoms with E-state index in [0.717, 1.165) is 31.2 Å². The summed E-state index contributed by atoms with van der Waals surface area (Å²) in [6.07, 6.45) is 11.3. The van der Waals surface area contributed by atoms with Crippen molar-refractivity contribution in [3.05, 3.63) is 29.8 Å². The van der Waals surface area contributed by atoms with Gasteiger partial charge in [-0.15, -0.1) is 0 Å². The predicted molar refractivity (Wildman–Crippen MR) is 108 cm³/mol. The molecule has 27 heavy (non-hydrogen) atoms. The first-order valence-electron chi connectivity index (χ1n) is 10.1. The summed E-state index contributed by atoms with van der Waals surface area (Å²) in [6, 6.07) is 6.45. The Kier molecular flexibility index (Phi) is 7.30. The van der Waals surface area contributed by atoms with Crippen LogP contribution in [0.4, 0.5) is 0 Å². The molecule has 0 radical (unpaired) electrons. The second kappa shape index (κ2) is 9.90. The first-order valence-corrected chi connectivity index (χ1v) is 10.1. The van der Waals surface area contributed by atoms with Crippen LogP contribution in [0.2, 0.25) is 0 Å². The number of nitrogens with zero attached hydrogens (tertiary/aromatic N) is 2. The van der Waals surface area contributed by atoms with E-state index in [4.69, 9.17) is 9.47 Å². The molecular weight excluding hydrogens is 340 g/mol. The van der Waals surface area contributed by atoms with Crippen molar-refractivity contribution >= 4 is 12.0 Å². The van der Waals surface area contributed by atoms with E-state index in [1.165, 1.54) is 52.1 Å². The van der Waals surface area contributed by atoms with E-state index in [-0.39, 0.29) is 5.97 Å². The van der Waals surface area contributed by atoms with Gasteiger partial charge in [-0.2, -0.15) is 0 Å². The van der Waals surface area contributed by atoms with Crippen LogP contribution in [0.15, 0.2) is 24.3 Å². The maximum Gasteiger partial charge on any atom is 0.308 e. The lowest BCUT2D eigenvalue weighted by Gasteiger charge is -2.40. The Morgan fingerprint density at radius 1 is 1.11 bits per heavy atom. The molecule has 0 spiro atoms. The molecule has 0 aromatic heterocycles. The third-order valence-corrected chi connectivity index (χ3v) is 5.61. The number of esters is 1. The molecule has 1 aliphatic carbocycles. The zero-order chi connectivity index (χ0) is 19.1. The van der Waals surface area contributed by atoms with Gasteiger partial charge in [0.1, 0.15) is 0 Å². The van der Waals surface area contributed by atoms with Gasteiger partial charge in [0.15, 0.2) is 11.5 Å². The molecule has 5 heteroatoms. The average molecular weight is 373 g/mol. The fraction of sp³-hybridized carbons (Fsp3) is 0.591. The maximum absolute atomic E-state index is 11.1. The highest BCUT2D eigenvalue weighted by molar-refractivity contribution is 5.71. The highest BCUT2D eigenvalue weighted by Gasteiger charge is 2.24. The zero-order valence-corrected chi connectivity index (χ0v) is 16.7. The van der Waals surface area contributed by atoms with Gasteiger partial charge in [0, 0.05) is 45.7 Å². The zero-order valence-electron chi connectivity index (χ0n) is 16.7. The number of methoxy groups -OCH3 is 1. The first-order chi connectivity index (χ1) is 13.2. The summed E-state index contributed by atoms with van der Waals surface area (Å²) in [5, 5.41) is 0. The molecule has 0 bridgehead atoms. The van der Waals surface area contributed by atoms with Gasteiger partial charge in [-0.1, -0.05) is 37.5 Å². The molecule has 1 aromatic rings. The van der Waals surface area contributed by atoms with Crippen LogP contribution in [0, 0.1) is 0 Å². The summed E-state index contributed by atoms with van der Waals surface area (Å²) in [6.45, 7) is 7.05. The smallest absolute Gasteiger partial charge is 0.308 e. The van der Waals surface area contributed by atoms with E-state index in [2.05, 4.69) is 22.0 Å². The van der Waals surface area contributed by atoms with Gasteiger partial charge in [0.05, 0.1) is 7.11 Å². The van der Waals surface area contributed by atoms with Crippen LogP contribution in [0.1, 0.15) is 44.6 Å². The number of benzene rings is 1. The molecule has 0 unspecified atom stereocenters. The Hall–Kier alpha value is -1.85. The quantitative estimate of drug-likeness (QED) is 0.564. The van der Waals surface area contributed by atoms with Crippen molar-refractivity contribution in [3.8, 4) is 11.5 Å². The van der Waals surface area contributed by atoms with Crippen LogP contribution in [0.5, 0.6) is 11.5 Å². The fourth-order valence-corrected chi connectivity index (χ4v) is 4.12. The minimum absolute atomic E-state index is 0.344. The largest absolute Gasteiger partial charge is 0.493 e. The molecule has 1 aliphatic heterocycles. The van der Waals surface area contributed by atoms with Gasteiger partial charge in [0.25, 0.3) is 0 Å². The Balaban J connectivity index is 1.47. The van der Waals surface area contributed by atoms with Gasteiger partial charge in [-0.25, -0.2) is 0 Å². The van der Waals surface area contributed by atoms with Crippen LogP contribution < -0.4 is 9.47 Å². The molecule has 148 valence electrons. The lowest BCUT2D eigenvalue weighted by molar-refractivity contribution is -0.132. The monoisotopic (exact) mass is 372 g/mol. The summed E-state index contributed by atoms with van der Waals surface area (Å²) < 4.78 is 10.5. The van der Waals surface area contributed by atoms with E-state index in [0.29, 0.717) is 11.5 Å². The molecule has 1 heterocycles. The molecule has 0 N–H and O–H groups in total. The van der Waals surface area contributed by atoms with Crippen molar-refractivity contribution < 1.29 is 14.3 Å². The summed E-state index contributed by atoms with van der Waals surface area (Å²) in [4.78, 5) is 16.4. The number of ether oxygens (including phenoxy) is 2. The fourth-order valence-electron chi connectivity index (χ4n) is 4.12. The standard InChI is InChI=1S/C22H32N2O3/c1-18(25)27-21-11-10-19(17-22(21)26-2)7-6-12-23-13-15-24(16-14-23)20-8-4-3-5-9-20/h6-7,10-11,17,20H,3-5,8-9,12-16H2,1-2H3/b7-6-. The van der Waals surface area contributed by atoms with Gasteiger partial charge in [-0.3, -0.25) is 14.6 Å². The molecular formula is C22H32N2O3. The normalized spacial score (nSPS) is 20.1. The Morgan fingerprint density at radius 3 is 2.52 bits per heavy atom. The number of carbonyl (C=O) groups is 1. The maximum atomic E-state index is 11.1. The molecule has 1 saturated heterocycles. The second-order valence-electron chi connectivity index (χ2n) is 7.53. The number of rotatable bonds is 6. The third kappa shape index (κ3) is 5.81. The average Bonchev–Trinajstić information content (AvgIpc) is 2.70. The van der Waals surface area contributed by atoms with Crippen molar-refractivity contribution in [3.63, 3.8) is 0 Å². The molecule has 2 fully saturated rings. The molecule has 3 rings (SSSR count). The van der Waals surface area contributed by atoms with Crippen LogP contribution in [-0.2, 0) is 4.79 Å². The molecule has 0 atom stereocenters.